The van der Waals surface area contributed by atoms with Crippen LogP contribution < -0.4 is 5.32 Å². The molecule has 0 aliphatic heterocycles. The minimum absolute atomic E-state index is 0.243. The summed E-state index contributed by atoms with van der Waals surface area (Å²) in [6.45, 7) is 0.296. The minimum atomic E-state index is -0.962. The molecule has 112 valence electrons. The Morgan fingerprint density at radius 1 is 1.27 bits per heavy atom. The maximum Gasteiger partial charge on any atom is 0.124 e. The van der Waals surface area contributed by atoms with Crippen LogP contribution in [-0.2, 0) is 12.0 Å². The highest BCUT2D eigenvalue weighted by atomic mass is 19.1. The summed E-state index contributed by atoms with van der Waals surface area (Å²) in [6.07, 6.45) is 2.56. The van der Waals surface area contributed by atoms with Crippen molar-refractivity contribution >= 4 is 5.69 Å². The Morgan fingerprint density at radius 3 is 2.91 bits per heavy atom. The quantitative estimate of drug-likeness (QED) is 0.913. The Hall–Kier alpha value is -2.38. The van der Waals surface area contributed by atoms with Gasteiger partial charge in [0, 0.05) is 6.54 Å². The normalized spacial score (nSPS) is 20.0. The average molecular weight is 296 g/mol. The van der Waals surface area contributed by atoms with E-state index in [1.165, 1.54) is 18.2 Å². The minimum Gasteiger partial charge on any atom is -0.383 e. The number of benzene rings is 2. The van der Waals surface area contributed by atoms with Crippen molar-refractivity contribution in [1.82, 2.24) is 0 Å². The van der Waals surface area contributed by atoms with Gasteiger partial charge in [0.15, 0.2) is 0 Å². The van der Waals surface area contributed by atoms with E-state index in [1.807, 2.05) is 30.3 Å². The number of halogens is 1. The van der Waals surface area contributed by atoms with E-state index in [0.717, 1.165) is 24.0 Å². The summed E-state index contributed by atoms with van der Waals surface area (Å²) in [4.78, 5) is 0. The van der Waals surface area contributed by atoms with Crippen LogP contribution in [0.4, 0.5) is 10.1 Å². The number of fused-ring (bicyclic) bond motifs is 1. The van der Waals surface area contributed by atoms with Crippen LogP contribution >= 0.6 is 0 Å². The van der Waals surface area contributed by atoms with E-state index in [-0.39, 0.29) is 5.56 Å². The van der Waals surface area contributed by atoms with Gasteiger partial charge in [0.25, 0.3) is 0 Å². The standard InChI is InChI=1S/C18H17FN2O/c19-15-7-8-17(14(10-15)11-20)21-12-18(22)9-3-5-13-4-1-2-6-16(13)18/h1-2,4,6-8,10,21-22H,3,5,9,12H2. The molecule has 0 saturated carbocycles. The summed E-state index contributed by atoms with van der Waals surface area (Å²) in [5.41, 5.74) is 1.93. The van der Waals surface area contributed by atoms with E-state index in [2.05, 4.69) is 5.32 Å². The smallest absolute Gasteiger partial charge is 0.124 e. The molecule has 1 atom stereocenters. The molecule has 0 saturated heterocycles. The molecule has 0 amide bonds. The van der Waals surface area contributed by atoms with E-state index in [4.69, 9.17) is 5.26 Å². The van der Waals surface area contributed by atoms with Crippen LogP contribution in [0.1, 0.15) is 29.5 Å². The highest BCUT2D eigenvalue weighted by molar-refractivity contribution is 5.57. The zero-order valence-electron chi connectivity index (χ0n) is 12.1. The number of rotatable bonds is 3. The van der Waals surface area contributed by atoms with Crippen LogP contribution in [0.15, 0.2) is 42.5 Å². The number of hydrogen-bond acceptors (Lipinski definition) is 3. The molecule has 2 aromatic carbocycles. The fourth-order valence-electron chi connectivity index (χ4n) is 3.09. The Labute approximate surface area is 129 Å². The summed E-state index contributed by atoms with van der Waals surface area (Å²) in [5, 5.41) is 23.2. The van der Waals surface area contributed by atoms with Gasteiger partial charge < -0.3 is 10.4 Å². The Morgan fingerprint density at radius 2 is 2.09 bits per heavy atom. The Bertz CT molecular complexity index is 738. The lowest BCUT2D eigenvalue weighted by Gasteiger charge is -2.35. The summed E-state index contributed by atoms with van der Waals surface area (Å²) >= 11 is 0. The highest BCUT2D eigenvalue weighted by Gasteiger charge is 2.33. The lowest BCUT2D eigenvalue weighted by molar-refractivity contribution is 0.0323. The molecule has 22 heavy (non-hydrogen) atoms. The molecule has 0 heterocycles. The van der Waals surface area contributed by atoms with Gasteiger partial charge in [0.1, 0.15) is 17.5 Å². The summed E-state index contributed by atoms with van der Waals surface area (Å²) in [5.74, 6) is -0.441. The Kier molecular flexibility index (Phi) is 3.82. The third-order valence-electron chi connectivity index (χ3n) is 4.23. The summed E-state index contributed by atoms with van der Waals surface area (Å²) < 4.78 is 13.2. The van der Waals surface area contributed by atoms with Gasteiger partial charge in [-0.3, -0.25) is 0 Å². The second-order valence-electron chi connectivity index (χ2n) is 5.70. The predicted molar refractivity (Wildman–Crippen MR) is 82.9 cm³/mol. The fraction of sp³-hybridized carbons (Fsp3) is 0.278. The third kappa shape index (κ3) is 2.68. The van der Waals surface area contributed by atoms with Crippen molar-refractivity contribution in [1.29, 1.82) is 5.26 Å². The SMILES string of the molecule is N#Cc1cc(F)ccc1NCC1(O)CCCc2ccccc21. The topological polar surface area (TPSA) is 56.0 Å². The molecule has 2 N–H and O–H groups in total. The second-order valence-corrected chi connectivity index (χ2v) is 5.70. The van der Waals surface area contributed by atoms with Crippen LogP contribution in [0.5, 0.6) is 0 Å². The van der Waals surface area contributed by atoms with E-state index in [1.54, 1.807) is 0 Å². The third-order valence-corrected chi connectivity index (χ3v) is 4.23. The van der Waals surface area contributed by atoms with Crippen molar-refractivity contribution in [2.45, 2.75) is 24.9 Å². The average Bonchev–Trinajstić information content (AvgIpc) is 2.54. The maximum atomic E-state index is 13.2. The van der Waals surface area contributed by atoms with E-state index < -0.39 is 11.4 Å². The molecular formula is C18H17FN2O. The molecule has 0 aromatic heterocycles. The number of hydrogen-bond donors (Lipinski definition) is 2. The van der Waals surface area contributed by atoms with Crippen LogP contribution in [0.25, 0.3) is 0 Å². The van der Waals surface area contributed by atoms with Crippen LogP contribution in [0.2, 0.25) is 0 Å². The molecule has 0 bridgehead atoms. The van der Waals surface area contributed by atoms with Gasteiger partial charge in [-0.05, 0) is 48.6 Å². The van der Waals surface area contributed by atoms with Gasteiger partial charge in [-0.15, -0.1) is 0 Å². The molecule has 0 radical (unpaired) electrons. The highest BCUT2D eigenvalue weighted by Crippen LogP contribution is 2.35. The summed E-state index contributed by atoms with van der Waals surface area (Å²) in [6, 6.07) is 13.9. The predicted octanol–water partition coefficient (Wildman–Crippen LogP) is 3.33. The second kappa shape index (κ2) is 5.78. The maximum absolute atomic E-state index is 13.2. The monoisotopic (exact) mass is 296 g/mol. The first kappa shape index (κ1) is 14.6. The number of aliphatic hydroxyl groups is 1. The van der Waals surface area contributed by atoms with E-state index in [9.17, 15) is 9.50 Å². The first-order valence-electron chi connectivity index (χ1n) is 7.37. The number of aryl methyl sites for hydroxylation is 1. The molecule has 2 aromatic rings. The van der Waals surface area contributed by atoms with Crippen molar-refractivity contribution in [3.8, 4) is 6.07 Å². The molecule has 0 spiro atoms. The van der Waals surface area contributed by atoms with Gasteiger partial charge in [0.2, 0.25) is 0 Å². The lowest BCUT2D eigenvalue weighted by atomic mass is 9.79. The molecule has 1 aliphatic rings. The van der Waals surface area contributed by atoms with Crippen molar-refractivity contribution in [2.75, 3.05) is 11.9 Å². The van der Waals surface area contributed by atoms with Crippen molar-refractivity contribution in [2.24, 2.45) is 0 Å². The first-order valence-corrected chi connectivity index (χ1v) is 7.37. The molecule has 1 aliphatic carbocycles. The molecule has 3 rings (SSSR count). The zero-order valence-corrected chi connectivity index (χ0v) is 12.1. The van der Waals surface area contributed by atoms with Crippen LogP contribution in [0, 0.1) is 17.1 Å². The Balaban J connectivity index is 1.84. The number of nitriles is 1. The van der Waals surface area contributed by atoms with E-state index >= 15 is 0 Å². The number of anilines is 1. The number of nitrogens with one attached hydrogen (secondary N) is 1. The fourth-order valence-corrected chi connectivity index (χ4v) is 3.09. The number of nitrogens with zero attached hydrogens (tertiary/aromatic N) is 1. The lowest BCUT2D eigenvalue weighted by Crippen LogP contribution is -2.37. The van der Waals surface area contributed by atoms with E-state index in [0.29, 0.717) is 18.7 Å². The van der Waals surface area contributed by atoms with Crippen molar-refractivity contribution < 1.29 is 9.50 Å². The van der Waals surface area contributed by atoms with Crippen LogP contribution in [0.3, 0.4) is 0 Å². The van der Waals surface area contributed by atoms with Gasteiger partial charge in [0.05, 0.1) is 11.3 Å². The van der Waals surface area contributed by atoms with Gasteiger partial charge in [-0.2, -0.15) is 5.26 Å². The van der Waals surface area contributed by atoms with Crippen molar-refractivity contribution in [3.63, 3.8) is 0 Å². The first-order chi connectivity index (χ1) is 10.6. The molecular weight excluding hydrogens is 279 g/mol. The molecule has 1 unspecified atom stereocenters. The van der Waals surface area contributed by atoms with Gasteiger partial charge >= 0.3 is 0 Å². The van der Waals surface area contributed by atoms with Crippen molar-refractivity contribution in [3.05, 3.63) is 65.0 Å². The summed E-state index contributed by atoms with van der Waals surface area (Å²) in [7, 11) is 0. The van der Waals surface area contributed by atoms with Gasteiger partial charge in [-0.1, -0.05) is 24.3 Å². The largest absolute Gasteiger partial charge is 0.383 e. The molecule has 4 heteroatoms. The molecule has 0 fully saturated rings. The van der Waals surface area contributed by atoms with Gasteiger partial charge in [-0.25, -0.2) is 4.39 Å². The zero-order chi connectivity index (χ0) is 15.6. The molecule has 3 nitrogen and oxygen atoms in total. The van der Waals surface area contributed by atoms with Crippen LogP contribution in [-0.4, -0.2) is 11.7 Å².